The van der Waals surface area contributed by atoms with Gasteiger partial charge in [-0.05, 0) is 42.0 Å². The fraction of sp³-hybridized carbons (Fsp3) is 0. The minimum Gasteiger partial charge on any atom is -0.267 e. The zero-order chi connectivity index (χ0) is 14.4. The first kappa shape index (κ1) is 13.4. The van der Waals surface area contributed by atoms with Gasteiger partial charge in [-0.2, -0.15) is 10.4 Å². The number of nitrogens with one attached hydrogen (secondary N) is 1. The third kappa shape index (κ3) is 3.50. The van der Waals surface area contributed by atoms with Crippen LogP contribution in [0.15, 0.2) is 53.6 Å². The maximum absolute atomic E-state index is 12.7. The predicted octanol–water partition coefficient (Wildman–Crippen LogP) is 2.46. The summed E-state index contributed by atoms with van der Waals surface area (Å²) in [5, 5.41) is 12.4. The van der Waals surface area contributed by atoms with Crippen molar-refractivity contribution in [3.63, 3.8) is 0 Å². The van der Waals surface area contributed by atoms with Gasteiger partial charge < -0.3 is 0 Å². The first-order valence-corrected chi connectivity index (χ1v) is 5.78. The third-order valence-electron chi connectivity index (χ3n) is 2.53. The molecule has 5 heteroatoms. The summed E-state index contributed by atoms with van der Waals surface area (Å²) in [4.78, 5) is 11.7. The molecule has 0 bridgehead atoms. The zero-order valence-corrected chi connectivity index (χ0v) is 10.4. The Bertz CT molecular complexity index is 670. The lowest BCUT2D eigenvalue weighted by Gasteiger charge is -1.99. The number of rotatable bonds is 3. The van der Waals surface area contributed by atoms with Gasteiger partial charge in [0, 0.05) is 5.56 Å². The van der Waals surface area contributed by atoms with E-state index in [4.69, 9.17) is 5.26 Å². The average Bonchev–Trinajstić information content (AvgIpc) is 2.49. The van der Waals surface area contributed by atoms with E-state index in [1.54, 1.807) is 36.4 Å². The van der Waals surface area contributed by atoms with Gasteiger partial charge in [0.2, 0.25) is 0 Å². The van der Waals surface area contributed by atoms with Crippen molar-refractivity contribution in [2.75, 3.05) is 0 Å². The molecule has 0 aliphatic heterocycles. The van der Waals surface area contributed by atoms with E-state index in [2.05, 4.69) is 10.5 Å². The smallest absolute Gasteiger partial charge is 0.267 e. The number of halogens is 1. The first-order chi connectivity index (χ1) is 9.69. The van der Waals surface area contributed by atoms with Gasteiger partial charge in [-0.3, -0.25) is 4.79 Å². The SMILES string of the molecule is N#Cc1ccc(C(=O)N/N=C\c2ccc(F)cc2)cc1. The second kappa shape index (κ2) is 6.25. The van der Waals surface area contributed by atoms with Crippen LogP contribution in [0.1, 0.15) is 21.5 Å². The van der Waals surface area contributed by atoms with Gasteiger partial charge in [0.25, 0.3) is 5.91 Å². The van der Waals surface area contributed by atoms with E-state index in [0.29, 0.717) is 16.7 Å². The molecule has 4 nitrogen and oxygen atoms in total. The summed E-state index contributed by atoms with van der Waals surface area (Å²) in [5.74, 6) is -0.711. The number of amides is 1. The maximum atomic E-state index is 12.7. The van der Waals surface area contributed by atoms with Crippen LogP contribution in [-0.2, 0) is 0 Å². The Kier molecular flexibility index (Phi) is 4.20. The molecule has 0 aliphatic carbocycles. The molecule has 0 spiro atoms. The van der Waals surface area contributed by atoms with Crippen molar-refractivity contribution in [2.45, 2.75) is 0 Å². The standard InChI is InChI=1S/C15H10FN3O/c16-14-7-3-12(4-8-14)10-18-19-15(20)13-5-1-11(9-17)2-6-13/h1-8,10H,(H,19,20)/b18-10-. The molecule has 0 aliphatic rings. The Hall–Kier alpha value is -3.00. The largest absolute Gasteiger partial charge is 0.271 e. The number of hydrogen-bond acceptors (Lipinski definition) is 3. The molecule has 0 aromatic heterocycles. The number of nitriles is 1. The quantitative estimate of drug-likeness (QED) is 0.685. The Morgan fingerprint density at radius 1 is 1.15 bits per heavy atom. The summed E-state index contributed by atoms with van der Waals surface area (Å²) in [6.45, 7) is 0. The fourth-order valence-electron chi connectivity index (χ4n) is 1.47. The van der Waals surface area contributed by atoms with Gasteiger partial charge in [0.15, 0.2) is 0 Å². The molecule has 0 saturated heterocycles. The Morgan fingerprint density at radius 3 is 2.40 bits per heavy atom. The van der Waals surface area contributed by atoms with Crippen LogP contribution in [0.5, 0.6) is 0 Å². The predicted molar refractivity (Wildman–Crippen MR) is 72.6 cm³/mol. The molecular formula is C15H10FN3O. The number of carbonyl (C=O) groups is 1. The van der Waals surface area contributed by atoms with Crippen molar-refractivity contribution in [1.29, 1.82) is 5.26 Å². The molecule has 2 aromatic rings. The molecule has 20 heavy (non-hydrogen) atoms. The van der Waals surface area contributed by atoms with E-state index in [-0.39, 0.29) is 11.7 Å². The lowest BCUT2D eigenvalue weighted by Crippen LogP contribution is -2.17. The minimum absolute atomic E-state index is 0.330. The van der Waals surface area contributed by atoms with E-state index < -0.39 is 0 Å². The van der Waals surface area contributed by atoms with Crippen LogP contribution >= 0.6 is 0 Å². The second-order valence-corrected chi connectivity index (χ2v) is 3.94. The number of carbonyl (C=O) groups excluding carboxylic acids is 1. The van der Waals surface area contributed by atoms with Crippen LogP contribution in [0.25, 0.3) is 0 Å². The average molecular weight is 267 g/mol. The van der Waals surface area contributed by atoms with Crippen LogP contribution in [0.2, 0.25) is 0 Å². The molecule has 1 N–H and O–H groups in total. The molecule has 0 heterocycles. The molecule has 0 saturated carbocycles. The monoisotopic (exact) mass is 267 g/mol. The van der Waals surface area contributed by atoms with Crippen molar-refractivity contribution in [2.24, 2.45) is 5.10 Å². The molecule has 0 fully saturated rings. The van der Waals surface area contributed by atoms with E-state index in [9.17, 15) is 9.18 Å². The molecule has 2 aromatic carbocycles. The highest BCUT2D eigenvalue weighted by Crippen LogP contribution is 2.03. The van der Waals surface area contributed by atoms with Crippen LogP contribution in [-0.4, -0.2) is 12.1 Å². The van der Waals surface area contributed by atoms with Crippen LogP contribution in [0.4, 0.5) is 4.39 Å². The van der Waals surface area contributed by atoms with Gasteiger partial charge in [-0.15, -0.1) is 0 Å². The highest BCUT2D eigenvalue weighted by molar-refractivity contribution is 5.94. The molecule has 0 unspecified atom stereocenters. The van der Waals surface area contributed by atoms with Crippen LogP contribution in [0, 0.1) is 17.1 Å². The number of nitrogens with zero attached hydrogens (tertiary/aromatic N) is 2. The molecule has 2 rings (SSSR count). The third-order valence-corrected chi connectivity index (χ3v) is 2.53. The Balaban J connectivity index is 1.97. The van der Waals surface area contributed by atoms with Crippen molar-refractivity contribution in [3.8, 4) is 6.07 Å². The minimum atomic E-state index is -0.382. The molecule has 0 atom stereocenters. The van der Waals surface area contributed by atoms with Crippen molar-refractivity contribution in [1.82, 2.24) is 5.43 Å². The van der Waals surface area contributed by atoms with Gasteiger partial charge in [0.05, 0.1) is 17.8 Å². The summed E-state index contributed by atoms with van der Waals surface area (Å²) >= 11 is 0. The van der Waals surface area contributed by atoms with Gasteiger partial charge in [-0.1, -0.05) is 12.1 Å². The van der Waals surface area contributed by atoms with E-state index in [0.717, 1.165) is 0 Å². The topological polar surface area (TPSA) is 65.2 Å². The van der Waals surface area contributed by atoms with Gasteiger partial charge in [0.1, 0.15) is 5.82 Å². The maximum Gasteiger partial charge on any atom is 0.271 e. The number of hydrogen-bond donors (Lipinski definition) is 1. The fourth-order valence-corrected chi connectivity index (χ4v) is 1.47. The van der Waals surface area contributed by atoms with Crippen molar-refractivity contribution in [3.05, 3.63) is 71.0 Å². The van der Waals surface area contributed by atoms with Crippen LogP contribution < -0.4 is 5.43 Å². The van der Waals surface area contributed by atoms with E-state index in [1.807, 2.05) is 6.07 Å². The second-order valence-electron chi connectivity index (χ2n) is 3.94. The van der Waals surface area contributed by atoms with Gasteiger partial charge in [-0.25, -0.2) is 9.82 Å². The van der Waals surface area contributed by atoms with Crippen molar-refractivity contribution < 1.29 is 9.18 Å². The number of hydrazone groups is 1. The summed E-state index contributed by atoms with van der Waals surface area (Å²) in [6, 6.07) is 13.9. The normalized spacial score (nSPS) is 10.2. The Labute approximate surface area is 115 Å². The van der Waals surface area contributed by atoms with E-state index >= 15 is 0 Å². The molecule has 1 amide bonds. The molecular weight excluding hydrogens is 257 g/mol. The highest BCUT2D eigenvalue weighted by Gasteiger charge is 2.03. The van der Waals surface area contributed by atoms with Crippen molar-refractivity contribution >= 4 is 12.1 Å². The van der Waals surface area contributed by atoms with Crippen LogP contribution in [0.3, 0.4) is 0 Å². The lowest BCUT2D eigenvalue weighted by molar-refractivity contribution is 0.0955. The van der Waals surface area contributed by atoms with E-state index in [1.165, 1.54) is 18.3 Å². The zero-order valence-electron chi connectivity index (χ0n) is 10.4. The summed E-state index contributed by atoms with van der Waals surface area (Å²) in [7, 11) is 0. The summed E-state index contributed by atoms with van der Waals surface area (Å²) < 4.78 is 12.7. The number of benzene rings is 2. The molecule has 0 radical (unpaired) electrons. The summed E-state index contributed by atoms with van der Waals surface area (Å²) in [5.41, 5.74) is 3.91. The Morgan fingerprint density at radius 2 is 1.80 bits per heavy atom. The molecule has 98 valence electrons. The van der Waals surface area contributed by atoms with Gasteiger partial charge >= 0.3 is 0 Å². The summed E-state index contributed by atoms with van der Waals surface area (Å²) in [6.07, 6.45) is 1.42. The first-order valence-electron chi connectivity index (χ1n) is 5.78. The highest BCUT2D eigenvalue weighted by atomic mass is 19.1. The lowest BCUT2D eigenvalue weighted by atomic mass is 10.1.